The van der Waals surface area contributed by atoms with Gasteiger partial charge in [0.1, 0.15) is 5.60 Å². The summed E-state index contributed by atoms with van der Waals surface area (Å²) in [5.74, 6) is -1.49. The van der Waals surface area contributed by atoms with Crippen molar-refractivity contribution < 1.29 is 29.0 Å². The zero-order valence-electron chi connectivity index (χ0n) is 18.8. The maximum absolute atomic E-state index is 12.9. The standard InChI is InChI=1S/C24H30N2O6/c1-16-10-12-18(13-11-16)20(21(28)25-14-17-8-6-5-7-9-17)31-22(29)19(15-27)26-23(30)32-24(2,3)4/h5-13,19-20,27H,14-15H2,1-4H3,(H,25,28)(H,26,30)/t19-,20?/m0/s1. The Morgan fingerprint density at radius 1 is 1.00 bits per heavy atom. The van der Waals surface area contributed by atoms with Gasteiger partial charge in [-0.25, -0.2) is 9.59 Å². The predicted molar refractivity (Wildman–Crippen MR) is 119 cm³/mol. The normalized spacial score (nSPS) is 12.9. The van der Waals surface area contributed by atoms with Crippen molar-refractivity contribution >= 4 is 18.0 Å². The molecule has 3 N–H and O–H groups in total. The second-order valence-electron chi connectivity index (χ2n) is 8.31. The lowest BCUT2D eigenvalue weighted by Crippen LogP contribution is -2.47. The number of nitrogens with one attached hydrogen (secondary N) is 2. The maximum atomic E-state index is 12.9. The summed E-state index contributed by atoms with van der Waals surface area (Å²) < 4.78 is 10.5. The van der Waals surface area contributed by atoms with Gasteiger partial charge >= 0.3 is 12.1 Å². The van der Waals surface area contributed by atoms with Gasteiger partial charge in [-0.3, -0.25) is 4.79 Å². The Labute approximate surface area is 187 Å². The molecule has 0 aliphatic heterocycles. The topological polar surface area (TPSA) is 114 Å². The summed E-state index contributed by atoms with van der Waals surface area (Å²) in [6.45, 7) is 6.44. The number of alkyl carbamates (subject to hydrolysis) is 1. The largest absolute Gasteiger partial charge is 0.446 e. The molecule has 1 unspecified atom stereocenters. The Balaban J connectivity index is 2.13. The molecule has 0 bridgehead atoms. The minimum absolute atomic E-state index is 0.249. The Morgan fingerprint density at radius 2 is 1.62 bits per heavy atom. The molecule has 0 aliphatic rings. The number of carbonyl (C=O) groups is 3. The summed E-state index contributed by atoms with van der Waals surface area (Å²) in [7, 11) is 0. The third kappa shape index (κ3) is 8.03. The van der Waals surface area contributed by atoms with Gasteiger partial charge in [-0.1, -0.05) is 60.2 Å². The van der Waals surface area contributed by atoms with Crippen molar-refractivity contribution in [3.8, 4) is 0 Å². The Kier molecular flexibility index (Phi) is 8.78. The van der Waals surface area contributed by atoms with Crippen LogP contribution in [0.25, 0.3) is 0 Å². The fraction of sp³-hybridized carbons (Fsp3) is 0.375. The fourth-order valence-electron chi connectivity index (χ4n) is 2.72. The molecule has 0 saturated heterocycles. The number of rotatable bonds is 8. The van der Waals surface area contributed by atoms with E-state index in [2.05, 4.69) is 10.6 Å². The van der Waals surface area contributed by atoms with E-state index < -0.39 is 42.3 Å². The molecule has 32 heavy (non-hydrogen) atoms. The molecule has 0 aliphatic carbocycles. The Morgan fingerprint density at radius 3 is 2.19 bits per heavy atom. The number of aryl methyl sites for hydroxylation is 1. The Hall–Kier alpha value is -3.39. The van der Waals surface area contributed by atoms with Gasteiger partial charge in [0.2, 0.25) is 6.10 Å². The van der Waals surface area contributed by atoms with Crippen LogP contribution in [0.3, 0.4) is 0 Å². The van der Waals surface area contributed by atoms with Crippen LogP contribution in [-0.2, 0) is 25.6 Å². The van der Waals surface area contributed by atoms with Gasteiger partial charge < -0.3 is 25.2 Å². The number of carbonyl (C=O) groups excluding carboxylic acids is 3. The van der Waals surface area contributed by atoms with Crippen molar-refractivity contribution in [3.63, 3.8) is 0 Å². The highest BCUT2D eigenvalue weighted by molar-refractivity contribution is 5.87. The van der Waals surface area contributed by atoms with Crippen molar-refractivity contribution in [1.29, 1.82) is 0 Å². The average molecular weight is 443 g/mol. The minimum atomic E-state index is -1.39. The van der Waals surface area contributed by atoms with Crippen LogP contribution in [-0.4, -0.2) is 41.3 Å². The van der Waals surface area contributed by atoms with E-state index >= 15 is 0 Å². The van der Waals surface area contributed by atoms with Crippen molar-refractivity contribution in [2.75, 3.05) is 6.61 Å². The SMILES string of the molecule is Cc1ccc(C(OC(=O)[C@H](CO)NC(=O)OC(C)(C)C)C(=O)NCc2ccccc2)cc1. The van der Waals surface area contributed by atoms with E-state index in [1.165, 1.54) is 0 Å². The second kappa shape index (κ2) is 11.3. The van der Waals surface area contributed by atoms with Crippen LogP contribution in [0, 0.1) is 6.92 Å². The van der Waals surface area contributed by atoms with Gasteiger partial charge in [0.25, 0.3) is 5.91 Å². The van der Waals surface area contributed by atoms with Crippen LogP contribution in [0.1, 0.15) is 43.6 Å². The van der Waals surface area contributed by atoms with Crippen LogP contribution < -0.4 is 10.6 Å². The number of esters is 1. The molecule has 0 aromatic heterocycles. The molecule has 0 fully saturated rings. The van der Waals surface area contributed by atoms with Gasteiger partial charge in [-0.05, 0) is 33.3 Å². The molecule has 172 valence electrons. The summed E-state index contributed by atoms with van der Waals surface area (Å²) >= 11 is 0. The van der Waals surface area contributed by atoms with E-state index in [1.807, 2.05) is 37.3 Å². The first kappa shape index (κ1) is 24.9. The van der Waals surface area contributed by atoms with Crippen LogP contribution in [0.15, 0.2) is 54.6 Å². The van der Waals surface area contributed by atoms with Crippen molar-refractivity contribution in [3.05, 3.63) is 71.3 Å². The van der Waals surface area contributed by atoms with E-state index in [0.717, 1.165) is 11.1 Å². The third-order valence-electron chi connectivity index (χ3n) is 4.32. The summed E-state index contributed by atoms with van der Waals surface area (Å²) in [6.07, 6.45) is -2.14. The second-order valence-corrected chi connectivity index (χ2v) is 8.31. The molecule has 0 radical (unpaired) electrons. The first-order valence-corrected chi connectivity index (χ1v) is 10.3. The quantitative estimate of drug-likeness (QED) is 0.542. The lowest BCUT2D eigenvalue weighted by molar-refractivity contribution is -0.159. The van der Waals surface area contributed by atoms with Gasteiger partial charge in [0, 0.05) is 12.1 Å². The fourth-order valence-corrected chi connectivity index (χ4v) is 2.72. The third-order valence-corrected chi connectivity index (χ3v) is 4.32. The van der Waals surface area contributed by atoms with Crippen molar-refractivity contribution in [1.82, 2.24) is 10.6 Å². The highest BCUT2D eigenvalue weighted by Crippen LogP contribution is 2.20. The summed E-state index contributed by atoms with van der Waals surface area (Å²) in [4.78, 5) is 37.6. The van der Waals surface area contributed by atoms with E-state index in [0.29, 0.717) is 5.56 Å². The summed E-state index contributed by atoms with van der Waals surface area (Å²) in [6, 6.07) is 14.9. The highest BCUT2D eigenvalue weighted by Gasteiger charge is 2.31. The first-order chi connectivity index (χ1) is 15.1. The van der Waals surface area contributed by atoms with Crippen LogP contribution in [0.5, 0.6) is 0 Å². The summed E-state index contributed by atoms with van der Waals surface area (Å²) in [5.41, 5.74) is 1.54. The number of aliphatic hydroxyl groups excluding tert-OH is 1. The highest BCUT2D eigenvalue weighted by atomic mass is 16.6. The van der Waals surface area contributed by atoms with Gasteiger partial charge in [-0.15, -0.1) is 0 Å². The van der Waals surface area contributed by atoms with Crippen LogP contribution in [0.2, 0.25) is 0 Å². The van der Waals surface area contributed by atoms with E-state index in [9.17, 15) is 19.5 Å². The molecule has 0 heterocycles. The Bertz CT molecular complexity index is 906. The zero-order chi connectivity index (χ0) is 23.7. The number of hydrogen-bond acceptors (Lipinski definition) is 6. The number of hydrogen-bond donors (Lipinski definition) is 3. The molecular weight excluding hydrogens is 412 g/mol. The van der Waals surface area contributed by atoms with E-state index in [4.69, 9.17) is 9.47 Å². The number of ether oxygens (including phenoxy) is 2. The first-order valence-electron chi connectivity index (χ1n) is 10.3. The van der Waals surface area contributed by atoms with Gasteiger partial charge in [0.15, 0.2) is 6.04 Å². The summed E-state index contributed by atoms with van der Waals surface area (Å²) in [5, 5.41) is 14.6. The molecule has 2 atom stereocenters. The number of benzene rings is 2. The molecule has 8 heteroatoms. The van der Waals surface area contributed by atoms with E-state index in [-0.39, 0.29) is 6.54 Å². The molecule has 0 saturated carbocycles. The van der Waals surface area contributed by atoms with Crippen LogP contribution >= 0.6 is 0 Å². The number of amides is 2. The van der Waals surface area contributed by atoms with Gasteiger partial charge in [0.05, 0.1) is 6.61 Å². The zero-order valence-corrected chi connectivity index (χ0v) is 18.8. The van der Waals surface area contributed by atoms with Gasteiger partial charge in [-0.2, -0.15) is 0 Å². The molecule has 8 nitrogen and oxygen atoms in total. The predicted octanol–water partition coefficient (Wildman–Crippen LogP) is 2.78. The minimum Gasteiger partial charge on any atom is -0.446 e. The molecule has 2 aromatic carbocycles. The lowest BCUT2D eigenvalue weighted by atomic mass is 10.1. The molecule has 0 spiro atoms. The van der Waals surface area contributed by atoms with Crippen LogP contribution in [0.4, 0.5) is 4.79 Å². The lowest BCUT2D eigenvalue weighted by Gasteiger charge is -2.24. The smallest absolute Gasteiger partial charge is 0.408 e. The molecule has 2 rings (SSSR count). The monoisotopic (exact) mass is 442 g/mol. The molecule has 2 amide bonds. The average Bonchev–Trinajstić information content (AvgIpc) is 2.74. The van der Waals surface area contributed by atoms with Crippen molar-refractivity contribution in [2.45, 2.75) is 52.0 Å². The molecular formula is C24H30N2O6. The maximum Gasteiger partial charge on any atom is 0.408 e. The van der Waals surface area contributed by atoms with Crippen molar-refractivity contribution in [2.24, 2.45) is 0 Å². The molecule has 2 aromatic rings. The van der Waals surface area contributed by atoms with E-state index in [1.54, 1.807) is 45.0 Å². The number of aliphatic hydroxyl groups is 1.